The number of rotatable bonds is 4. The predicted molar refractivity (Wildman–Crippen MR) is 80.5 cm³/mol. The highest BCUT2D eigenvalue weighted by atomic mass is 35.5. The monoisotopic (exact) mass is 309 g/mol. The normalized spacial score (nSPS) is 11.9. The second-order valence-electron chi connectivity index (χ2n) is 4.25. The Hall–Kier alpha value is -1.71. The number of hydrogen-bond acceptors (Lipinski definition) is 2. The van der Waals surface area contributed by atoms with E-state index in [4.69, 9.17) is 23.2 Å². The maximum absolute atomic E-state index is 12.0. The Kier molecular flexibility index (Phi) is 4.88. The molecule has 0 aromatic heterocycles. The van der Waals surface area contributed by atoms with Crippen LogP contribution in [0.5, 0.6) is 5.75 Å². The van der Waals surface area contributed by atoms with Crippen LogP contribution >= 0.6 is 23.2 Å². The summed E-state index contributed by atoms with van der Waals surface area (Å²) in [6.07, 6.45) is 0. The standard InChI is InChI=1S/C15H13Cl2NO2/c16-11-6-7-14(19)12(8-11)15(20)18-9-13(17)10-4-2-1-3-5-10/h1-8,13,19H,9H2,(H,18,20). The van der Waals surface area contributed by atoms with Crippen molar-refractivity contribution in [3.05, 3.63) is 64.7 Å². The summed E-state index contributed by atoms with van der Waals surface area (Å²) in [6, 6.07) is 13.8. The quantitative estimate of drug-likeness (QED) is 0.845. The Morgan fingerprint density at radius 1 is 1.20 bits per heavy atom. The summed E-state index contributed by atoms with van der Waals surface area (Å²) in [7, 11) is 0. The van der Waals surface area contributed by atoms with Gasteiger partial charge in [0.1, 0.15) is 5.75 Å². The zero-order valence-electron chi connectivity index (χ0n) is 10.5. The average molecular weight is 310 g/mol. The van der Waals surface area contributed by atoms with Crippen molar-refractivity contribution < 1.29 is 9.90 Å². The molecule has 0 fully saturated rings. The molecule has 0 bridgehead atoms. The van der Waals surface area contributed by atoms with Gasteiger partial charge in [0.2, 0.25) is 0 Å². The molecule has 3 nitrogen and oxygen atoms in total. The van der Waals surface area contributed by atoms with E-state index in [2.05, 4.69) is 5.32 Å². The number of phenolic OH excluding ortho intramolecular Hbond substituents is 1. The van der Waals surface area contributed by atoms with E-state index in [0.29, 0.717) is 5.02 Å². The Bertz CT molecular complexity index is 602. The van der Waals surface area contributed by atoms with Crippen LogP contribution in [0.4, 0.5) is 0 Å². The first kappa shape index (κ1) is 14.7. The van der Waals surface area contributed by atoms with Crippen LogP contribution in [0.2, 0.25) is 5.02 Å². The van der Waals surface area contributed by atoms with E-state index in [9.17, 15) is 9.90 Å². The van der Waals surface area contributed by atoms with Gasteiger partial charge in [0.05, 0.1) is 10.9 Å². The lowest BCUT2D eigenvalue weighted by Gasteiger charge is -2.12. The second kappa shape index (κ2) is 6.64. The number of carbonyl (C=O) groups is 1. The summed E-state index contributed by atoms with van der Waals surface area (Å²) < 4.78 is 0. The lowest BCUT2D eigenvalue weighted by atomic mass is 10.1. The minimum Gasteiger partial charge on any atom is -0.507 e. The first-order valence-corrected chi connectivity index (χ1v) is 6.85. The van der Waals surface area contributed by atoms with Crippen molar-refractivity contribution in [2.45, 2.75) is 5.38 Å². The van der Waals surface area contributed by atoms with Crippen LogP contribution in [-0.4, -0.2) is 17.6 Å². The summed E-state index contributed by atoms with van der Waals surface area (Å²) in [5, 5.41) is 12.4. The summed E-state index contributed by atoms with van der Waals surface area (Å²) >= 11 is 12.0. The van der Waals surface area contributed by atoms with E-state index in [-0.39, 0.29) is 23.2 Å². The third-order valence-corrected chi connectivity index (χ3v) is 3.45. The fourth-order valence-corrected chi connectivity index (χ4v) is 2.14. The Morgan fingerprint density at radius 3 is 2.60 bits per heavy atom. The molecule has 0 heterocycles. The number of carbonyl (C=O) groups excluding carboxylic acids is 1. The Labute approximate surface area is 127 Å². The summed E-state index contributed by atoms with van der Waals surface area (Å²) in [4.78, 5) is 12.0. The highest BCUT2D eigenvalue weighted by Gasteiger charge is 2.14. The van der Waals surface area contributed by atoms with E-state index in [1.54, 1.807) is 0 Å². The van der Waals surface area contributed by atoms with Crippen LogP contribution in [0.25, 0.3) is 0 Å². The molecule has 0 aliphatic heterocycles. The zero-order valence-corrected chi connectivity index (χ0v) is 12.0. The fraction of sp³-hybridized carbons (Fsp3) is 0.133. The van der Waals surface area contributed by atoms with Crippen LogP contribution in [0.1, 0.15) is 21.3 Å². The lowest BCUT2D eigenvalue weighted by molar-refractivity contribution is 0.0951. The van der Waals surface area contributed by atoms with Gasteiger partial charge in [0, 0.05) is 11.6 Å². The summed E-state index contributed by atoms with van der Waals surface area (Å²) in [5.74, 6) is -0.524. The third-order valence-electron chi connectivity index (χ3n) is 2.81. The van der Waals surface area contributed by atoms with Crippen molar-refractivity contribution in [3.8, 4) is 5.75 Å². The van der Waals surface area contributed by atoms with Gasteiger partial charge in [-0.25, -0.2) is 0 Å². The number of nitrogens with one attached hydrogen (secondary N) is 1. The topological polar surface area (TPSA) is 49.3 Å². The molecule has 2 rings (SSSR count). The van der Waals surface area contributed by atoms with Gasteiger partial charge in [-0.15, -0.1) is 11.6 Å². The smallest absolute Gasteiger partial charge is 0.255 e. The van der Waals surface area contributed by atoms with Crippen LogP contribution < -0.4 is 5.32 Å². The molecule has 0 saturated heterocycles. The van der Waals surface area contributed by atoms with E-state index in [0.717, 1.165) is 5.56 Å². The Morgan fingerprint density at radius 2 is 1.90 bits per heavy atom. The first-order chi connectivity index (χ1) is 9.58. The summed E-state index contributed by atoms with van der Waals surface area (Å²) in [5.41, 5.74) is 1.05. The van der Waals surface area contributed by atoms with Gasteiger partial charge in [-0.3, -0.25) is 4.79 Å². The van der Waals surface area contributed by atoms with Gasteiger partial charge in [-0.1, -0.05) is 41.9 Å². The molecule has 20 heavy (non-hydrogen) atoms. The van der Waals surface area contributed by atoms with E-state index in [1.807, 2.05) is 30.3 Å². The molecule has 2 N–H and O–H groups in total. The molecule has 0 saturated carbocycles. The van der Waals surface area contributed by atoms with E-state index >= 15 is 0 Å². The minimum atomic E-state index is -0.411. The largest absolute Gasteiger partial charge is 0.507 e. The molecule has 0 aliphatic rings. The van der Waals surface area contributed by atoms with Gasteiger partial charge >= 0.3 is 0 Å². The van der Waals surface area contributed by atoms with Crippen LogP contribution in [-0.2, 0) is 0 Å². The average Bonchev–Trinajstić information content (AvgIpc) is 2.47. The van der Waals surface area contributed by atoms with Crippen molar-refractivity contribution >= 4 is 29.1 Å². The molecule has 2 aromatic carbocycles. The van der Waals surface area contributed by atoms with Crippen molar-refractivity contribution in [2.24, 2.45) is 0 Å². The van der Waals surface area contributed by atoms with Crippen molar-refractivity contribution in [3.63, 3.8) is 0 Å². The molecule has 0 aliphatic carbocycles. The first-order valence-electron chi connectivity index (χ1n) is 6.03. The van der Waals surface area contributed by atoms with Gasteiger partial charge in [-0.2, -0.15) is 0 Å². The van der Waals surface area contributed by atoms with Crippen LogP contribution in [0.3, 0.4) is 0 Å². The SMILES string of the molecule is O=C(NCC(Cl)c1ccccc1)c1cc(Cl)ccc1O. The number of amides is 1. The Balaban J connectivity index is 2.00. The van der Waals surface area contributed by atoms with Crippen LogP contribution in [0, 0.1) is 0 Å². The maximum Gasteiger partial charge on any atom is 0.255 e. The molecule has 5 heteroatoms. The molecule has 0 spiro atoms. The van der Waals surface area contributed by atoms with Gasteiger partial charge < -0.3 is 10.4 Å². The molecule has 1 amide bonds. The third kappa shape index (κ3) is 3.65. The van der Waals surface area contributed by atoms with E-state index in [1.165, 1.54) is 18.2 Å². The van der Waals surface area contributed by atoms with Crippen molar-refractivity contribution in [2.75, 3.05) is 6.54 Å². The molecule has 1 unspecified atom stereocenters. The predicted octanol–water partition coefficient (Wildman–Crippen LogP) is 3.76. The molecule has 1 atom stereocenters. The molecular weight excluding hydrogens is 297 g/mol. The van der Waals surface area contributed by atoms with Crippen molar-refractivity contribution in [1.82, 2.24) is 5.32 Å². The number of phenols is 1. The summed E-state index contributed by atoms with van der Waals surface area (Å²) in [6.45, 7) is 0.260. The van der Waals surface area contributed by atoms with E-state index < -0.39 is 5.91 Å². The molecule has 0 radical (unpaired) electrons. The fourth-order valence-electron chi connectivity index (χ4n) is 1.75. The molecular formula is C15H13Cl2NO2. The minimum absolute atomic E-state index is 0.113. The molecule has 2 aromatic rings. The number of alkyl halides is 1. The zero-order chi connectivity index (χ0) is 14.5. The number of benzene rings is 2. The maximum atomic E-state index is 12.0. The number of hydrogen-bond donors (Lipinski definition) is 2. The van der Waals surface area contributed by atoms with Gasteiger partial charge in [-0.05, 0) is 23.8 Å². The number of aromatic hydroxyl groups is 1. The van der Waals surface area contributed by atoms with Crippen LogP contribution in [0.15, 0.2) is 48.5 Å². The van der Waals surface area contributed by atoms with Crippen molar-refractivity contribution in [1.29, 1.82) is 0 Å². The number of halogens is 2. The van der Waals surface area contributed by atoms with Gasteiger partial charge in [0.25, 0.3) is 5.91 Å². The lowest BCUT2D eigenvalue weighted by Crippen LogP contribution is -2.26. The van der Waals surface area contributed by atoms with Gasteiger partial charge in [0.15, 0.2) is 0 Å². The highest BCUT2D eigenvalue weighted by molar-refractivity contribution is 6.31. The molecule has 104 valence electrons. The highest BCUT2D eigenvalue weighted by Crippen LogP contribution is 2.22. The second-order valence-corrected chi connectivity index (χ2v) is 5.21.